The van der Waals surface area contributed by atoms with Gasteiger partial charge in [0.05, 0.1) is 0 Å². The summed E-state index contributed by atoms with van der Waals surface area (Å²) in [5.41, 5.74) is 1.38. The number of hydrogen-bond acceptors (Lipinski definition) is 1. The molecular formula is C10H12O. The Balaban J connectivity index is 2.25. The number of ketones is 1. The highest BCUT2D eigenvalue weighted by Gasteiger charge is 2.66. The van der Waals surface area contributed by atoms with Gasteiger partial charge in [0.1, 0.15) is 0 Å². The highest BCUT2D eigenvalue weighted by atomic mass is 16.1. The van der Waals surface area contributed by atoms with E-state index in [9.17, 15) is 4.79 Å². The summed E-state index contributed by atoms with van der Waals surface area (Å²) in [5, 5.41) is 0. The Kier molecular flexibility index (Phi) is 0.721. The van der Waals surface area contributed by atoms with Gasteiger partial charge in [-0.05, 0) is 43.1 Å². The smallest absolute Gasteiger partial charge is 0.164 e. The van der Waals surface area contributed by atoms with Gasteiger partial charge in [-0.15, -0.1) is 0 Å². The molecule has 3 aliphatic carbocycles. The van der Waals surface area contributed by atoms with Gasteiger partial charge < -0.3 is 0 Å². The van der Waals surface area contributed by atoms with Gasteiger partial charge in [0.2, 0.25) is 0 Å². The Hall–Kier alpha value is -0.590. The number of allylic oxidation sites excluding steroid dienone is 1. The second-order valence-electron chi connectivity index (χ2n) is 4.55. The topological polar surface area (TPSA) is 17.1 Å². The molecule has 0 atom stereocenters. The van der Waals surface area contributed by atoms with Gasteiger partial charge in [-0.2, -0.15) is 0 Å². The Labute approximate surface area is 66.5 Å². The standard InChI is InChI=1S/C10H12O/c1-7-8(11)10-4-2-9(7,6-10)3-5-10/h1-6H2. The van der Waals surface area contributed by atoms with Gasteiger partial charge in [0.15, 0.2) is 5.78 Å². The van der Waals surface area contributed by atoms with E-state index in [1.165, 1.54) is 12.8 Å². The summed E-state index contributed by atoms with van der Waals surface area (Å²) >= 11 is 0. The van der Waals surface area contributed by atoms with Crippen LogP contribution in [0.3, 0.4) is 0 Å². The van der Waals surface area contributed by atoms with Crippen molar-refractivity contribution in [3.8, 4) is 0 Å². The van der Waals surface area contributed by atoms with E-state index in [1.54, 1.807) is 0 Å². The van der Waals surface area contributed by atoms with E-state index in [4.69, 9.17) is 0 Å². The lowest BCUT2D eigenvalue weighted by Crippen LogP contribution is -2.33. The molecular weight excluding hydrogens is 136 g/mol. The molecule has 0 spiro atoms. The maximum absolute atomic E-state index is 11.6. The van der Waals surface area contributed by atoms with E-state index < -0.39 is 0 Å². The molecule has 3 rings (SSSR count). The van der Waals surface area contributed by atoms with E-state index in [-0.39, 0.29) is 5.41 Å². The van der Waals surface area contributed by atoms with Crippen molar-refractivity contribution in [3.63, 3.8) is 0 Å². The van der Waals surface area contributed by atoms with Crippen LogP contribution in [0.25, 0.3) is 0 Å². The fourth-order valence-electron chi connectivity index (χ4n) is 3.49. The van der Waals surface area contributed by atoms with Crippen LogP contribution in [0.5, 0.6) is 0 Å². The first kappa shape index (κ1) is 5.99. The summed E-state index contributed by atoms with van der Waals surface area (Å²) in [6, 6.07) is 0. The van der Waals surface area contributed by atoms with Crippen molar-refractivity contribution in [1.82, 2.24) is 0 Å². The van der Waals surface area contributed by atoms with Crippen molar-refractivity contribution in [2.75, 3.05) is 0 Å². The quantitative estimate of drug-likeness (QED) is 0.481. The third kappa shape index (κ3) is 0.412. The van der Waals surface area contributed by atoms with Crippen molar-refractivity contribution in [1.29, 1.82) is 0 Å². The van der Waals surface area contributed by atoms with Crippen LogP contribution in [0.1, 0.15) is 32.1 Å². The SMILES string of the molecule is C=C1C(=O)C23CCC1(CC2)C3. The number of rotatable bonds is 0. The third-order valence-corrected chi connectivity index (χ3v) is 4.24. The van der Waals surface area contributed by atoms with Crippen LogP contribution >= 0.6 is 0 Å². The summed E-state index contributed by atoms with van der Waals surface area (Å²) in [4.78, 5) is 11.6. The summed E-state index contributed by atoms with van der Waals surface area (Å²) in [6.07, 6.45) is 5.96. The minimum Gasteiger partial charge on any atom is -0.294 e. The first-order valence-corrected chi connectivity index (χ1v) is 4.43. The maximum Gasteiger partial charge on any atom is 0.164 e. The Morgan fingerprint density at radius 2 is 1.64 bits per heavy atom. The molecule has 0 aliphatic heterocycles. The largest absolute Gasteiger partial charge is 0.294 e. The monoisotopic (exact) mass is 148 g/mol. The van der Waals surface area contributed by atoms with Gasteiger partial charge in [0.25, 0.3) is 0 Å². The van der Waals surface area contributed by atoms with E-state index in [1.807, 2.05) is 0 Å². The number of hydrogen-bond donors (Lipinski definition) is 0. The van der Waals surface area contributed by atoms with Crippen LogP contribution in [0.4, 0.5) is 0 Å². The van der Waals surface area contributed by atoms with Crippen molar-refractivity contribution in [2.24, 2.45) is 10.8 Å². The second kappa shape index (κ2) is 1.33. The molecule has 0 unspecified atom stereocenters. The van der Waals surface area contributed by atoms with E-state index in [0.29, 0.717) is 11.2 Å². The molecule has 0 saturated heterocycles. The van der Waals surface area contributed by atoms with Crippen LogP contribution in [-0.4, -0.2) is 5.78 Å². The molecule has 58 valence electrons. The zero-order chi connectivity index (χ0) is 7.69. The molecule has 0 N–H and O–H groups in total. The molecule has 2 bridgehead atoms. The molecule has 0 heterocycles. The predicted molar refractivity (Wildman–Crippen MR) is 42.1 cm³/mol. The summed E-state index contributed by atoms with van der Waals surface area (Å²) < 4.78 is 0. The van der Waals surface area contributed by atoms with Gasteiger partial charge in [-0.25, -0.2) is 0 Å². The van der Waals surface area contributed by atoms with Gasteiger partial charge in [-0.1, -0.05) is 6.58 Å². The van der Waals surface area contributed by atoms with E-state index >= 15 is 0 Å². The number of carbonyl (C=O) groups excluding carboxylic acids is 1. The Bertz CT molecular complexity index is 239. The third-order valence-electron chi connectivity index (χ3n) is 4.24. The van der Waals surface area contributed by atoms with Crippen molar-refractivity contribution < 1.29 is 4.79 Å². The summed E-state index contributed by atoms with van der Waals surface area (Å²) in [5.74, 6) is 0.412. The fraction of sp³-hybridized carbons (Fsp3) is 0.700. The first-order chi connectivity index (χ1) is 5.19. The van der Waals surface area contributed by atoms with Crippen LogP contribution in [0.15, 0.2) is 12.2 Å². The predicted octanol–water partition coefficient (Wildman–Crippen LogP) is 2.08. The highest BCUT2D eigenvalue weighted by molar-refractivity contribution is 6.05. The van der Waals surface area contributed by atoms with Gasteiger partial charge >= 0.3 is 0 Å². The molecule has 0 aromatic carbocycles. The minimum absolute atomic E-state index is 0.108. The lowest BCUT2D eigenvalue weighted by Gasteiger charge is -2.35. The van der Waals surface area contributed by atoms with Crippen LogP contribution in [-0.2, 0) is 4.79 Å². The van der Waals surface area contributed by atoms with E-state index in [0.717, 1.165) is 24.8 Å². The van der Waals surface area contributed by atoms with Crippen LogP contribution < -0.4 is 0 Å². The van der Waals surface area contributed by atoms with Crippen molar-refractivity contribution in [2.45, 2.75) is 32.1 Å². The molecule has 3 fully saturated rings. The van der Waals surface area contributed by atoms with Crippen LogP contribution in [0, 0.1) is 10.8 Å². The van der Waals surface area contributed by atoms with E-state index in [2.05, 4.69) is 6.58 Å². The molecule has 1 nitrogen and oxygen atoms in total. The highest BCUT2D eigenvalue weighted by Crippen LogP contribution is 2.71. The first-order valence-electron chi connectivity index (χ1n) is 4.43. The fourth-order valence-corrected chi connectivity index (χ4v) is 3.49. The lowest BCUT2D eigenvalue weighted by molar-refractivity contribution is -0.125. The molecule has 1 heteroatoms. The van der Waals surface area contributed by atoms with Gasteiger partial charge in [0, 0.05) is 5.41 Å². The summed E-state index contributed by atoms with van der Waals surface area (Å²) in [7, 11) is 0. The minimum atomic E-state index is 0.108. The number of carbonyl (C=O) groups is 1. The second-order valence-corrected chi connectivity index (χ2v) is 4.55. The molecule has 0 radical (unpaired) electrons. The molecule has 3 saturated carbocycles. The van der Waals surface area contributed by atoms with Crippen LogP contribution in [0.2, 0.25) is 0 Å². The molecule has 0 aromatic rings. The molecule has 3 aliphatic rings. The molecule has 0 amide bonds. The zero-order valence-electron chi connectivity index (χ0n) is 6.65. The van der Waals surface area contributed by atoms with Crippen molar-refractivity contribution in [3.05, 3.63) is 12.2 Å². The Morgan fingerprint density at radius 3 is 1.91 bits per heavy atom. The zero-order valence-corrected chi connectivity index (χ0v) is 6.65. The lowest BCUT2D eigenvalue weighted by atomic mass is 9.68. The average Bonchev–Trinajstić information content (AvgIpc) is 2.61. The molecule has 0 aromatic heterocycles. The van der Waals surface area contributed by atoms with Crippen molar-refractivity contribution >= 4 is 5.78 Å². The number of Topliss-reactive ketones (excluding diaryl/α,β-unsaturated/α-hetero) is 1. The maximum atomic E-state index is 11.6. The Morgan fingerprint density at radius 1 is 1.09 bits per heavy atom. The summed E-state index contributed by atoms with van der Waals surface area (Å²) in [6.45, 7) is 3.94. The van der Waals surface area contributed by atoms with Gasteiger partial charge in [-0.3, -0.25) is 4.79 Å². The molecule has 11 heavy (non-hydrogen) atoms. The normalized spacial score (nSPS) is 52.7. The average molecular weight is 148 g/mol.